The smallest absolute Gasteiger partial charge is 0.277 e. The average Bonchev–Trinajstić information content (AvgIpc) is 2.76. The fraction of sp³-hybridized carbons (Fsp3) is 0.250. The first kappa shape index (κ1) is 12.1. The normalized spacial score (nSPS) is 12.1. The number of carbonyl (C=O) groups is 1. The molecule has 0 saturated carbocycles. The quantitative estimate of drug-likeness (QED) is 0.854. The minimum Gasteiger partial charge on any atom is -0.379 e. The number of rotatable bonds is 3. The first-order valence-corrected chi connectivity index (χ1v) is 5.53. The zero-order valence-corrected chi connectivity index (χ0v) is 10.2. The van der Waals surface area contributed by atoms with Gasteiger partial charge in [0.05, 0.1) is 6.04 Å². The topological polar surface area (TPSA) is 94.0 Å². The summed E-state index contributed by atoms with van der Waals surface area (Å²) in [5.74, 6) is -0.412. The van der Waals surface area contributed by atoms with Crippen molar-refractivity contribution in [1.82, 2.24) is 15.6 Å². The molecule has 2 aromatic rings. The molecule has 2 rings (SSSR count). The van der Waals surface area contributed by atoms with E-state index in [0.29, 0.717) is 0 Å². The molecule has 0 saturated heterocycles. The molecular weight excluding hydrogens is 232 g/mol. The monoisotopic (exact) mass is 246 g/mol. The van der Waals surface area contributed by atoms with E-state index in [1.54, 1.807) is 0 Å². The summed E-state index contributed by atoms with van der Waals surface area (Å²) in [4.78, 5) is 11.8. The highest BCUT2D eigenvalue weighted by Gasteiger charge is 2.18. The van der Waals surface area contributed by atoms with Crippen molar-refractivity contribution in [3.05, 3.63) is 41.1 Å². The number of aromatic nitrogens is 2. The third kappa shape index (κ3) is 2.48. The van der Waals surface area contributed by atoms with Gasteiger partial charge >= 0.3 is 0 Å². The summed E-state index contributed by atoms with van der Waals surface area (Å²) in [5, 5.41) is 9.59. The van der Waals surface area contributed by atoms with Gasteiger partial charge in [0, 0.05) is 0 Å². The van der Waals surface area contributed by atoms with Gasteiger partial charge < -0.3 is 11.1 Å². The van der Waals surface area contributed by atoms with Gasteiger partial charge in [-0.15, -0.1) is 0 Å². The van der Waals surface area contributed by atoms with E-state index < -0.39 is 5.91 Å². The molecular formula is C12H14N4O2. The molecule has 1 amide bonds. The summed E-state index contributed by atoms with van der Waals surface area (Å²) in [6.45, 7) is 3.89. The number of amides is 1. The lowest BCUT2D eigenvalue weighted by atomic mass is 10.1. The van der Waals surface area contributed by atoms with Crippen molar-refractivity contribution < 1.29 is 9.42 Å². The minimum absolute atomic E-state index is 0.00830. The van der Waals surface area contributed by atoms with Crippen LogP contribution in [0.4, 0.5) is 5.82 Å². The summed E-state index contributed by atoms with van der Waals surface area (Å²) >= 11 is 0. The Balaban J connectivity index is 2.08. The van der Waals surface area contributed by atoms with Crippen molar-refractivity contribution in [2.45, 2.75) is 19.9 Å². The van der Waals surface area contributed by atoms with Gasteiger partial charge in [0.1, 0.15) is 0 Å². The lowest BCUT2D eigenvalue weighted by molar-refractivity contribution is 0.0930. The molecule has 0 spiro atoms. The third-order valence-electron chi connectivity index (χ3n) is 2.65. The van der Waals surface area contributed by atoms with Crippen LogP contribution in [0.15, 0.2) is 28.9 Å². The summed E-state index contributed by atoms with van der Waals surface area (Å²) in [6.07, 6.45) is 0. The van der Waals surface area contributed by atoms with Crippen molar-refractivity contribution >= 4 is 11.7 Å². The zero-order valence-electron chi connectivity index (χ0n) is 10.2. The van der Waals surface area contributed by atoms with Gasteiger partial charge in [-0.2, -0.15) is 0 Å². The van der Waals surface area contributed by atoms with Crippen molar-refractivity contribution in [2.75, 3.05) is 5.73 Å². The molecule has 3 N–H and O–H groups in total. The number of nitrogens with zero attached hydrogens (tertiary/aromatic N) is 2. The number of anilines is 1. The van der Waals surface area contributed by atoms with Crippen LogP contribution in [0.3, 0.4) is 0 Å². The number of nitrogens with two attached hydrogens (primary N) is 1. The van der Waals surface area contributed by atoms with Crippen LogP contribution in [0.1, 0.15) is 34.6 Å². The van der Waals surface area contributed by atoms with Crippen molar-refractivity contribution in [1.29, 1.82) is 0 Å². The molecule has 1 aromatic carbocycles. The van der Waals surface area contributed by atoms with Gasteiger partial charge in [-0.3, -0.25) is 4.79 Å². The first-order chi connectivity index (χ1) is 8.58. The predicted octanol–water partition coefficient (Wildman–Crippen LogP) is 1.45. The lowest BCUT2D eigenvalue weighted by Gasteiger charge is -2.13. The maximum atomic E-state index is 11.8. The maximum Gasteiger partial charge on any atom is 0.277 e. The summed E-state index contributed by atoms with van der Waals surface area (Å²) in [7, 11) is 0. The fourth-order valence-corrected chi connectivity index (χ4v) is 1.56. The van der Waals surface area contributed by atoms with E-state index in [1.165, 1.54) is 5.56 Å². The standard InChI is InChI=1S/C12H14N4O2/c1-7-3-5-9(6-4-7)8(2)14-12(17)10-11(13)16-18-15-10/h3-6,8H,1-2H3,(H2,13,16)(H,14,17). The summed E-state index contributed by atoms with van der Waals surface area (Å²) < 4.78 is 4.38. The van der Waals surface area contributed by atoms with E-state index in [-0.39, 0.29) is 17.6 Å². The van der Waals surface area contributed by atoms with Gasteiger partial charge in [0.15, 0.2) is 0 Å². The van der Waals surface area contributed by atoms with Crippen molar-refractivity contribution in [3.8, 4) is 0 Å². The Morgan fingerprint density at radius 3 is 2.56 bits per heavy atom. The van der Waals surface area contributed by atoms with Crippen LogP contribution >= 0.6 is 0 Å². The second-order valence-corrected chi connectivity index (χ2v) is 4.10. The molecule has 0 radical (unpaired) electrons. The Morgan fingerprint density at radius 1 is 1.33 bits per heavy atom. The maximum absolute atomic E-state index is 11.8. The van der Waals surface area contributed by atoms with Crippen molar-refractivity contribution in [2.24, 2.45) is 0 Å². The highest BCUT2D eigenvalue weighted by atomic mass is 16.6. The van der Waals surface area contributed by atoms with E-state index in [1.807, 2.05) is 38.1 Å². The number of aryl methyl sites for hydroxylation is 1. The Kier molecular flexibility index (Phi) is 3.27. The van der Waals surface area contributed by atoms with Crippen LogP contribution in [0.2, 0.25) is 0 Å². The van der Waals surface area contributed by atoms with E-state index >= 15 is 0 Å². The summed E-state index contributed by atoms with van der Waals surface area (Å²) in [5.41, 5.74) is 7.63. The lowest BCUT2D eigenvalue weighted by Crippen LogP contribution is -2.27. The van der Waals surface area contributed by atoms with Crippen LogP contribution < -0.4 is 11.1 Å². The molecule has 1 unspecified atom stereocenters. The zero-order chi connectivity index (χ0) is 13.1. The Labute approximate surface area is 104 Å². The van der Waals surface area contributed by atoms with E-state index in [2.05, 4.69) is 20.3 Å². The van der Waals surface area contributed by atoms with Gasteiger partial charge in [-0.25, -0.2) is 4.63 Å². The molecule has 6 heteroatoms. The molecule has 0 aliphatic rings. The molecule has 0 aliphatic heterocycles. The summed E-state index contributed by atoms with van der Waals surface area (Å²) in [6, 6.07) is 7.76. The second kappa shape index (κ2) is 4.87. The molecule has 94 valence electrons. The van der Waals surface area contributed by atoms with Crippen LogP contribution in [-0.2, 0) is 0 Å². The average molecular weight is 246 g/mol. The SMILES string of the molecule is Cc1ccc(C(C)NC(=O)c2nonc2N)cc1. The molecule has 1 heterocycles. The molecule has 1 aromatic heterocycles. The Hall–Kier alpha value is -2.37. The second-order valence-electron chi connectivity index (χ2n) is 4.10. The largest absolute Gasteiger partial charge is 0.379 e. The first-order valence-electron chi connectivity index (χ1n) is 5.53. The highest BCUT2D eigenvalue weighted by molar-refractivity contribution is 5.96. The predicted molar refractivity (Wildman–Crippen MR) is 65.8 cm³/mol. The van der Waals surface area contributed by atoms with Gasteiger partial charge in [-0.1, -0.05) is 29.8 Å². The Morgan fingerprint density at radius 2 is 2.00 bits per heavy atom. The molecule has 1 atom stereocenters. The molecule has 0 bridgehead atoms. The Bertz CT molecular complexity index is 547. The number of hydrogen-bond acceptors (Lipinski definition) is 5. The van der Waals surface area contributed by atoms with Crippen LogP contribution in [0.25, 0.3) is 0 Å². The number of carbonyl (C=O) groups excluding carboxylic acids is 1. The minimum atomic E-state index is -0.401. The molecule has 18 heavy (non-hydrogen) atoms. The van der Waals surface area contributed by atoms with Crippen LogP contribution in [-0.4, -0.2) is 16.2 Å². The molecule has 0 aliphatic carbocycles. The fourth-order valence-electron chi connectivity index (χ4n) is 1.56. The van der Waals surface area contributed by atoms with Gasteiger partial charge in [-0.05, 0) is 29.7 Å². The number of hydrogen-bond donors (Lipinski definition) is 2. The van der Waals surface area contributed by atoms with Crippen LogP contribution in [0, 0.1) is 6.92 Å². The number of nitrogens with one attached hydrogen (secondary N) is 1. The molecule has 6 nitrogen and oxygen atoms in total. The van der Waals surface area contributed by atoms with Gasteiger partial charge in [0.25, 0.3) is 5.91 Å². The van der Waals surface area contributed by atoms with Gasteiger partial charge in [0.2, 0.25) is 11.5 Å². The van der Waals surface area contributed by atoms with Crippen molar-refractivity contribution in [3.63, 3.8) is 0 Å². The van der Waals surface area contributed by atoms with E-state index in [4.69, 9.17) is 5.73 Å². The van der Waals surface area contributed by atoms with E-state index in [9.17, 15) is 4.79 Å². The third-order valence-corrected chi connectivity index (χ3v) is 2.65. The molecule has 0 fully saturated rings. The van der Waals surface area contributed by atoms with Crippen LogP contribution in [0.5, 0.6) is 0 Å². The number of benzene rings is 1. The highest BCUT2D eigenvalue weighted by Crippen LogP contribution is 2.14. The number of nitrogen functional groups attached to an aromatic ring is 1. The van der Waals surface area contributed by atoms with E-state index in [0.717, 1.165) is 5.56 Å².